The van der Waals surface area contributed by atoms with E-state index in [1.807, 2.05) is 18.2 Å². The molecule has 0 aliphatic carbocycles. The van der Waals surface area contributed by atoms with Gasteiger partial charge >= 0.3 is 0 Å². The van der Waals surface area contributed by atoms with Crippen molar-refractivity contribution in [3.63, 3.8) is 0 Å². The van der Waals surface area contributed by atoms with Gasteiger partial charge < -0.3 is 0 Å². The van der Waals surface area contributed by atoms with Crippen LogP contribution in [0.3, 0.4) is 0 Å². The Hall–Kier alpha value is -3.05. The molecule has 4 rings (SSSR count). The number of unbranched alkanes of at least 4 members (excludes halogenated alkanes) is 1. The van der Waals surface area contributed by atoms with E-state index < -0.39 is 0 Å². The second-order valence-electron chi connectivity index (χ2n) is 8.20. The van der Waals surface area contributed by atoms with Gasteiger partial charge in [-0.3, -0.25) is 0 Å². The third kappa shape index (κ3) is 5.40. The Morgan fingerprint density at radius 2 is 1.72 bits per heavy atom. The number of benzene rings is 2. The number of aromatic nitrogens is 4. The van der Waals surface area contributed by atoms with Crippen molar-refractivity contribution in [3.05, 3.63) is 82.3 Å². The van der Waals surface area contributed by atoms with Gasteiger partial charge in [-0.25, -0.2) is 4.98 Å². The molecule has 0 N–H and O–H groups in total. The van der Waals surface area contributed by atoms with E-state index in [1.54, 1.807) is 16.1 Å². The minimum Gasteiger partial charge on any atom is -0.246 e. The van der Waals surface area contributed by atoms with Gasteiger partial charge in [0.25, 0.3) is 0 Å². The molecule has 0 amide bonds. The third-order valence-electron chi connectivity index (χ3n) is 5.32. The fourth-order valence-electron chi connectivity index (χ4n) is 3.59. The van der Waals surface area contributed by atoms with Gasteiger partial charge in [0, 0.05) is 22.4 Å². The van der Waals surface area contributed by atoms with E-state index in [1.165, 1.54) is 16.3 Å². The zero-order chi connectivity index (χ0) is 22.3. The largest absolute Gasteiger partial charge is 0.246 e. The minimum absolute atomic E-state index is 0.516. The molecule has 32 heavy (non-hydrogen) atoms. The maximum absolute atomic E-state index is 4.75. The highest BCUT2D eigenvalue weighted by molar-refractivity contribution is 7.09. The fourth-order valence-corrected chi connectivity index (χ4v) is 4.46. The molecule has 4 aromatic rings. The van der Waals surface area contributed by atoms with Gasteiger partial charge in [0.1, 0.15) is 11.4 Å². The summed E-state index contributed by atoms with van der Waals surface area (Å²) in [4.78, 5) is 6.50. The number of nitrogens with zero attached hydrogens (tertiary/aromatic N) is 4. The molecular formula is C27H30N4S. The average molecular weight is 443 g/mol. The van der Waals surface area contributed by atoms with E-state index in [2.05, 4.69) is 74.7 Å². The first-order valence-corrected chi connectivity index (χ1v) is 12.2. The summed E-state index contributed by atoms with van der Waals surface area (Å²) in [7, 11) is 0. The molecule has 0 atom stereocenters. The van der Waals surface area contributed by atoms with E-state index in [9.17, 15) is 0 Å². The first-order valence-electron chi connectivity index (χ1n) is 11.4. The Kier molecular flexibility index (Phi) is 7.28. The highest BCUT2D eigenvalue weighted by Gasteiger charge is 2.14. The Morgan fingerprint density at radius 3 is 2.44 bits per heavy atom. The smallest absolute Gasteiger partial charge is 0.121 e. The second-order valence-corrected chi connectivity index (χ2v) is 9.09. The molecule has 0 aliphatic rings. The van der Waals surface area contributed by atoms with Gasteiger partial charge in [-0.15, -0.1) is 11.3 Å². The summed E-state index contributed by atoms with van der Waals surface area (Å²) in [5.41, 5.74) is 6.44. The van der Waals surface area contributed by atoms with Crippen LogP contribution in [0.1, 0.15) is 55.8 Å². The Bertz CT molecular complexity index is 1170. The number of allylic oxidation sites excluding steroid dienone is 1. The lowest BCUT2D eigenvalue weighted by atomic mass is 10.0. The number of hydrogen-bond donors (Lipinski definition) is 0. The molecule has 0 saturated carbocycles. The van der Waals surface area contributed by atoms with E-state index >= 15 is 0 Å². The highest BCUT2D eigenvalue weighted by Crippen LogP contribution is 2.29. The first kappa shape index (κ1) is 22.2. The summed E-state index contributed by atoms with van der Waals surface area (Å²) in [5, 5.41) is 12.9. The van der Waals surface area contributed by atoms with Crippen molar-refractivity contribution >= 4 is 17.4 Å². The molecule has 0 unspecified atom stereocenters. The van der Waals surface area contributed by atoms with Crippen LogP contribution in [0.15, 0.2) is 66.1 Å². The van der Waals surface area contributed by atoms with Crippen LogP contribution in [0.5, 0.6) is 0 Å². The van der Waals surface area contributed by atoms with Crippen molar-refractivity contribution in [2.45, 2.75) is 52.5 Å². The lowest BCUT2D eigenvalue weighted by Gasteiger charge is -2.03. The standard InChI is InChI=1S/C27H30N4S/c1-4-31-29-25(22-14-8-6-9-15-22)26(30-31)23-16-11-13-21(18-23)12-7-5-10-17-24-19-32-27(28-24)20(2)3/h6-9,11-16,18-20H,4-5,10,17H2,1-3H3/b12-7+. The third-order valence-corrected chi connectivity index (χ3v) is 6.52. The molecule has 164 valence electrons. The van der Waals surface area contributed by atoms with Crippen LogP contribution in [0, 0.1) is 0 Å². The Morgan fingerprint density at radius 1 is 0.969 bits per heavy atom. The predicted octanol–water partition coefficient (Wildman–Crippen LogP) is 7.25. The van der Waals surface area contributed by atoms with Crippen LogP contribution in [0.4, 0.5) is 0 Å². The summed E-state index contributed by atoms with van der Waals surface area (Å²) in [6.07, 6.45) is 7.65. The molecule has 2 heterocycles. The van der Waals surface area contributed by atoms with Crippen LogP contribution in [0.25, 0.3) is 28.6 Å². The van der Waals surface area contributed by atoms with Crippen molar-refractivity contribution < 1.29 is 0 Å². The molecular weight excluding hydrogens is 412 g/mol. The van der Waals surface area contributed by atoms with E-state index in [-0.39, 0.29) is 0 Å². The Labute approximate surface area is 194 Å². The van der Waals surface area contributed by atoms with Crippen LogP contribution in [-0.2, 0) is 13.0 Å². The van der Waals surface area contributed by atoms with E-state index in [0.29, 0.717) is 5.92 Å². The second kappa shape index (κ2) is 10.5. The van der Waals surface area contributed by atoms with E-state index in [0.717, 1.165) is 48.3 Å². The zero-order valence-electron chi connectivity index (χ0n) is 19.0. The number of hydrogen-bond acceptors (Lipinski definition) is 4. The van der Waals surface area contributed by atoms with Crippen molar-refractivity contribution in [3.8, 4) is 22.5 Å². The maximum atomic E-state index is 4.75. The molecule has 5 heteroatoms. The molecule has 0 spiro atoms. The molecule has 0 bridgehead atoms. The quantitative estimate of drug-likeness (QED) is 0.256. The van der Waals surface area contributed by atoms with Gasteiger partial charge in [-0.05, 0) is 37.8 Å². The summed E-state index contributed by atoms with van der Waals surface area (Å²) < 4.78 is 0. The molecule has 0 aliphatic heterocycles. The van der Waals surface area contributed by atoms with Gasteiger partial charge in [0.05, 0.1) is 17.2 Å². The van der Waals surface area contributed by atoms with Gasteiger partial charge in [0.15, 0.2) is 0 Å². The predicted molar refractivity (Wildman–Crippen MR) is 135 cm³/mol. The molecule has 0 saturated heterocycles. The molecule has 2 aromatic heterocycles. The maximum Gasteiger partial charge on any atom is 0.121 e. The number of rotatable bonds is 9. The molecule has 0 fully saturated rings. The fraction of sp³-hybridized carbons (Fsp3) is 0.296. The summed E-state index contributed by atoms with van der Waals surface area (Å²) in [6, 6.07) is 18.8. The number of thiazole rings is 1. The molecule has 2 aromatic carbocycles. The summed E-state index contributed by atoms with van der Waals surface area (Å²) >= 11 is 1.78. The normalized spacial score (nSPS) is 11.6. The van der Waals surface area contributed by atoms with Crippen LogP contribution in [-0.4, -0.2) is 20.0 Å². The van der Waals surface area contributed by atoms with Crippen molar-refractivity contribution in [1.29, 1.82) is 0 Å². The van der Waals surface area contributed by atoms with Crippen LogP contribution < -0.4 is 0 Å². The Balaban J connectivity index is 1.44. The van der Waals surface area contributed by atoms with Gasteiger partial charge in [0.2, 0.25) is 0 Å². The monoisotopic (exact) mass is 442 g/mol. The van der Waals surface area contributed by atoms with Crippen LogP contribution >= 0.6 is 11.3 Å². The number of aryl methyl sites for hydroxylation is 2. The first-order chi connectivity index (χ1) is 15.6. The lowest BCUT2D eigenvalue weighted by molar-refractivity contribution is 0.572. The zero-order valence-corrected chi connectivity index (χ0v) is 19.8. The van der Waals surface area contributed by atoms with Gasteiger partial charge in [-0.2, -0.15) is 15.0 Å². The lowest BCUT2D eigenvalue weighted by Crippen LogP contribution is -1.98. The molecule has 4 nitrogen and oxygen atoms in total. The van der Waals surface area contributed by atoms with Crippen molar-refractivity contribution in [2.24, 2.45) is 0 Å². The minimum atomic E-state index is 0.516. The average Bonchev–Trinajstić information content (AvgIpc) is 3.47. The SMILES string of the molecule is CCn1nc(-c2ccccc2)c(-c2cccc(/C=C/CCCc3csc(C(C)C)n3)c2)n1. The van der Waals surface area contributed by atoms with Crippen LogP contribution in [0.2, 0.25) is 0 Å². The highest BCUT2D eigenvalue weighted by atomic mass is 32.1. The van der Waals surface area contributed by atoms with E-state index in [4.69, 9.17) is 15.2 Å². The topological polar surface area (TPSA) is 43.6 Å². The van der Waals surface area contributed by atoms with Crippen molar-refractivity contribution in [1.82, 2.24) is 20.0 Å². The summed E-state index contributed by atoms with van der Waals surface area (Å²) in [6.45, 7) is 7.21. The summed E-state index contributed by atoms with van der Waals surface area (Å²) in [5.74, 6) is 0.516. The van der Waals surface area contributed by atoms with Crippen molar-refractivity contribution in [2.75, 3.05) is 0 Å². The molecule has 0 radical (unpaired) electrons. The van der Waals surface area contributed by atoms with Gasteiger partial charge in [-0.1, -0.05) is 74.5 Å².